The van der Waals surface area contributed by atoms with Gasteiger partial charge in [-0.05, 0) is 50.7 Å². The van der Waals surface area contributed by atoms with E-state index in [2.05, 4.69) is 44.5 Å². The van der Waals surface area contributed by atoms with Gasteiger partial charge in [0.2, 0.25) is 11.8 Å². The van der Waals surface area contributed by atoms with Crippen molar-refractivity contribution in [2.75, 3.05) is 72.7 Å². The van der Waals surface area contributed by atoms with Gasteiger partial charge in [-0.1, -0.05) is 12.1 Å². The Morgan fingerprint density at radius 1 is 0.852 bits per heavy atom. The Bertz CT molecular complexity index is 1760. The highest BCUT2D eigenvalue weighted by Gasteiger charge is 2.39. The molecule has 54 heavy (non-hydrogen) atoms. The number of benzene rings is 1. The molecule has 3 saturated heterocycles. The van der Waals surface area contributed by atoms with E-state index in [4.69, 9.17) is 24.2 Å². The van der Waals surface area contributed by atoms with E-state index in [0.717, 1.165) is 85.0 Å². The fourth-order valence-corrected chi connectivity index (χ4v) is 7.87. The van der Waals surface area contributed by atoms with Crippen LogP contribution in [0, 0.1) is 0 Å². The molecule has 17 nitrogen and oxygen atoms in total. The van der Waals surface area contributed by atoms with Crippen LogP contribution in [0.3, 0.4) is 0 Å². The van der Waals surface area contributed by atoms with Crippen molar-refractivity contribution in [3.05, 3.63) is 54.0 Å². The van der Waals surface area contributed by atoms with Gasteiger partial charge in [-0.2, -0.15) is 0 Å². The SMILES string of the molecule is COC[C@H](NC(=O)OC)C(=O)N1CCC[C@H]1c1nc(C2CCN(c3ccc(-c4c[nH]c([C@@H]5CCCN5C(=O)[C@H](COC)N(C)C(=O)O)n4)cc3)CC2)c[nH]1. The summed E-state index contributed by atoms with van der Waals surface area (Å²) in [5, 5.41) is 12.1. The van der Waals surface area contributed by atoms with Gasteiger partial charge in [0, 0.05) is 77.0 Å². The smallest absolute Gasteiger partial charge is 0.407 e. The van der Waals surface area contributed by atoms with Gasteiger partial charge in [0.15, 0.2) is 0 Å². The largest absolute Gasteiger partial charge is 0.465 e. The van der Waals surface area contributed by atoms with Crippen LogP contribution in [0.15, 0.2) is 36.7 Å². The summed E-state index contributed by atoms with van der Waals surface area (Å²) in [7, 11) is 5.58. The first-order valence-corrected chi connectivity index (χ1v) is 18.5. The molecule has 3 fully saturated rings. The van der Waals surface area contributed by atoms with Crippen LogP contribution >= 0.6 is 0 Å². The molecule has 3 aromatic rings. The maximum atomic E-state index is 13.5. The molecule has 3 aliphatic heterocycles. The summed E-state index contributed by atoms with van der Waals surface area (Å²) < 4.78 is 15.1. The van der Waals surface area contributed by atoms with E-state index in [0.29, 0.717) is 18.9 Å². The van der Waals surface area contributed by atoms with Crippen LogP contribution in [0.25, 0.3) is 11.3 Å². The lowest BCUT2D eigenvalue weighted by Crippen LogP contribution is -2.51. The normalized spacial score (nSPS) is 20.2. The molecule has 0 radical (unpaired) electrons. The number of aromatic amines is 2. The van der Waals surface area contributed by atoms with Crippen molar-refractivity contribution < 1.29 is 38.5 Å². The van der Waals surface area contributed by atoms with Gasteiger partial charge in [0.05, 0.1) is 43.8 Å². The topological polar surface area (TPSA) is 199 Å². The fraction of sp³-hybridized carbons (Fsp3) is 0.568. The summed E-state index contributed by atoms with van der Waals surface area (Å²) in [6, 6.07) is 6.08. The van der Waals surface area contributed by atoms with Crippen molar-refractivity contribution in [1.82, 2.24) is 40.0 Å². The van der Waals surface area contributed by atoms with E-state index in [9.17, 15) is 24.3 Å². The second kappa shape index (κ2) is 17.3. The molecule has 0 aliphatic carbocycles. The number of amides is 4. The predicted octanol–water partition coefficient (Wildman–Crippen LogP) is 3.51. The number of imidazole rings is 2. The standard InChI is InChI=1S/C37H51N9O8/c1-43(37(50)51)31(22-53-3)35(48)46-16-6-8-30(46)33-38-19-26(40-33)23-9-11-25(12-10-23)44-17-13-24(14-18-44)27-20-39-32(41-27)29-7-5-15-45(29)34(47)28(21-52-2)42-36(49)54-4/h9-12,19-20,24,28-31H,5-8,13-18,21-22H2,1-4H3,(H,38,40)(H,39,41)(H,42,49)(H,50,51)/t28-,29-,30-,31-/m0/s1. The van der Waals surface area contributed by atoms with E-state index < -0.39 is 24.3 Å². The maximum absolute atomic E-state index is 13.5. The van der Waals surface area contributed by atoms with Crippen molar-refractivity contribution >= 4 is 29.7 Å². The number of aromatic nitrogens is 4. The van der Waals surface area contributed by atoms with Crippen molar-refractivity contribution in [2.24, 2.45) is 0 Å². The highest BCUT2D eigenvalue weighted by Crippen LogP contribution is 2.36. The Hall–Kier alpha value is -5.16. The van der Waals surface area contributed by atoms with E-state index in [1.807, 2.05) is 12.4 Å². The average Bonchev–Trinajstić information content (AvgIpc) is 4.03. The number of methoxy groups -OCH3 is 3. The number of nitrogens with zero attached hydrogens (tertiary/aromatic N) is 6. The number of carboxylic acid groups (broad SMARTS) is 1. The zero-order valence-corrected chi connectivity index (χ0v) is 31.3. The molecular formula is C37H51N9O8. The van der Waals surface area contributed by atoms with Crippen LogP contribution in [0.5, 0.6) is 0 Å². The number of hydrogen-bond donors (Lipinski definition) is 4. The quantitative estimate of drug-likeness (QED) is 0.200. The third-order valence-corrected chi connectivity index (χ3v) is 10.8. The molecule has 0 unspecified atom stereocenters. The molecule has 0 saturated carbocycles. The van der Waals surface area contributed by atoms with E-state index >= 15 is 0 Å². The molecule has 1 aromatic carbocycles. The minimum Gasteiger partial charge on any atom is -0.465 e. The number of rotatable bonds is 13. The molecule has 5 heterocycles. The molecule has 0 bridgehead atoms. The Morgan fingerprint density at radius 2 is 1.46 bits per heavy atom. The Labute approximate surface area is 314 Å². The highest BCUT2D eigenvalue weighted by molar-refractivity contribution is 5.87. The Balaban J connectivity index is 1.04. The molecule has 0 spiro atoms. The maximum Gasteiger partial charge on any atom is 0.407 e. The van der Waals surface area contributed by atoms with Crippen LogP contribution in [-0.4, -0.2) is 144 Å². The van der Waals surface area contributed by atoms with Crippen LogP contribution in [0.2, 0.25) is 0 Å². The zero-order valence-electron chi connectivity index (χ0n) is 31.3. The number of carbonyl (C=O) groups is 4. The summed E-state index contributed by atoms with van der Waals surface area (Å²) in [4.78, 5) is 73.6. The summed E-state index contributed by atoms with van der Waals surface area (Å²) in [5.41, 5.74) is 3.85. The summed E-state index contributed by atoms with van der Waals surface area (Å²) in [5.74, 6) is 1.21. The number of nitrogens with one attached hydrogen (secondary N) is 3. The van der Waals surface area contributed by atoms with Crippen LogP contribution in [-0.2, 0) is 23.8 Å². The molecule has 6 rings (SSSR count). The van der Waals surface area contributed by atoms with Crippen molar-refractivity contribution in [3.8, 4) is 11.3 Å². The fourth-order valence-electron chi connectivity index (χ4n) is 7.87. The van der Waals surface area contributed by atoms with Crippen LogP contribution in [0.4, 0.5) is 15.3 Å². The van der Waals surface area contributed by atoms with Crippen molar-refractivity contribution in [3.63, 3.8) is 0 Å². The van der Waals surface area contributed by atoms with Gasteiger partial charge < -0.3 is 49.3 Å². The van der Waals surface area contributed by atoms with E-state index in [1.54, 1.807) is 9.80 Å². The predicted molar refractivity (Wildman–Crippen MR) is 197 cm³/mol. The van der Waals surface area contributed by atoms with E-state index in [1.165, 1.54) is 28.4 Å². The van der Waals surface area contributed by atoms with Gasteiger partial charge >= 0.3 is 12.2 Å². The van der Waals surface area contributed by atoms with Gasteiger partial charge in [-0.15, -0.1) is 0 Å². The number of alkyl carbamates (subject to hydrolysis) is 1. The summed E-state index contributed by atoms with van der Waals surface area (Å²) in [6.45, 7) is 2.86. The molecular weight excluding hydrogens is 698 g/mol. The van der Waals surface area contributed by atoms with Crippen LogP contribution < -0.4 is 10.2 Å². The van der Waals surface area contributed by atoms with Gasteiger partial charge in [-0.3, -0.25) is 14.5 Å². The lowest BCUT2D eigenvalue weighted by atomic mass is 9.93. The number of carbonyl (C=O) groups excluding carboxylic acids is 3. The number of H-pyrrole nitrogens is 2. The molecule has 292 valence electrons. The first kappa shape index (κ1) is 38.6. The lowest BCUT2D eigenvalue weighted by Gasteiger charge is -2.33. The van der Waals surface area contributed by atoms with Crippen molar-refractivity contribution in [2.45, 2.75) is 68.6 Å². The van der Waals surface area contributed by atoms with Crippen molar-refractivity contribution in [1.29, 1.82) is 0 Å². The van der Waals surface area contributed by atoms with Gasteiger partial charge in [-0.25, -0.2) is 19.6 Å². The zero-order chi connectivity index (χ0) is 38.4. The minimum atomic E-state index is -1.19. The number of piperidine rings is 1. The number of likely N-dealkylation sites (N-methyl/N-ethyl adjacent to an activating group) is 1. The molecule has 3 aliphatic rings. The van der Waals surface area contributed by atoms with E-state index in [-0.39, 0.29) is 43.0 Å². The second-order valence-electron chi connectivity index (χ2n) is 14.1. The number of anilines is 1. The van der Waals surface area contributed by atoms with Gasteiger partial charge in [0.1, 0.15) is 23.7 Å². The Morgan fingerprint density at radius 3 is 2.07 bits per heavy atom. The molecule has 2 aromatic heterocycles. The third-order valence-electron chi connectivity index (χ3n) is 10.8. The first-order chi connectivity index (χ1) is 26.1. The Kier molecular flexibility index (Phi) is 12.4. The summed E-state index contributed by atoms with van der Waals surface area (Å²) >= 11 is 0. The number of likely N-dealkylation sites (tertiary alicyclic amines) is 2. The third kappa shape index (κ3) is 8.31. The molecule has 4 amide bonds. The van der Waals surface area contributed by atoms with Gasteiger partial charge in [0.25, 0.3) is 0 Å². The molecule has 17 heteroatoms. The lowest BCUT2D eigenvalue weighted by molar-refractivity contribution is -0.139. The highest BCUT2D eigenvalue weighted by atomic mass is 16.5. The number of hydrogen-bond acceptors (Lipinski definition) is 10. The van der Waals surface area contributed by atoms with Crippen LogP contribution in [0.1, 0.15) is 73.9 Å². The minimum absolute atomic E-state index is 0.0267. The second-order valence-corrected chi connectivity index (χ2v) is 14.1. The molecule has 4 N–H and O–H groups in total. The number of ether oxygens (including phenoxy) is 3. The first-order valence-electron chi connectivity index (χ1n) is 18.5. The molecule has 4 atom stereocenters. The summed E-state index contributed by atoms with van der Waals surface area (Å²) in [6.07, 6.45) is 6.97. The monoisotopic (exact) mass is 749 g/mol. The average molecular weight is 750 g/mol.